The molecule has 3 nitrogen and oxygen atoms in total. The molecule has 0 amide bonds. The molecule has 0 spiro atoms. The highest BCUT2D eigenvalue weighted by Crippen LogP contribution is 2.19. The van der Waals surface area contributed by atoms with Crippen LogP contribution in [0.1, 0.15) is 36.7 Å². The Morgan fingerprint density at radius 2 is 1.88 bits per heavy atom. The number of carbonyl (C=O) groups is 1. The van der Waals surface area contributed by atoms with Crippen molar-refractivity contribution >= 4 is 5.97 Å². The van der Waals surface area contributed by atoms with Crippen LogP contribution in [0.25, 0.3) is 0 Å². The molecule has 0 aliphatic carbocycles. The zero-order valence-electron chi connectivity index (χ0n) is 10.2. The second kappa shape index (κ2) is 4.56. The molecule has 0 N–H and O–H groups in total. The van der Waals surface area contributed by atoms with E-state index in [-0.39, 0.29) is 5.97 Å². The highest BCUT2D eigenvalue weighted by molar-refractivity contribution is 5.90. The van der Waals surface area contributed by atoms with Crippen molar-refractivity contribution in [3.8, 4) is 5.75 Å². The summed E-state index contributed by atoms with van der Waals surface area (Å²) in [5.74, 6) is 0.240. The van der Waals surface area contributed by atoms with Crippen LogP contribution in [0.3, 0.4) is 0 Å². The third-order valence-corrected chi connectivity index (χ3v) is 1.84. The molecular formula is C13H17O3. The number of benzene rings is 1. The van der Waals surface area contributed by atoms with Gasteiger partial charge in [-0.2, -0.15) is 0 Å². The van der Waals surface area contributed by atoms with Crippen LogP contribution in [0.5, 0.6) is 5.75 Å². The lowest BCUT2D eigenvalue weighted by Crippen LogP contribution is -2.23. The zero-order valence-corrected chi connectivity index (χ0v) is 10.2. The molecule has 0 saturated heterocycles. The van der Waals surface area contributed by atoms with Crippen molar-refractivity contribution in [3.05, 3.63) is 36.2 Å². The van der Waals surface area contributed by atoms with Crippen molar-refractivity contribution in [1.29, 1.82) is 0 Å². The number of methoxy groups -OCH3 is 1. The number of esters is 1. The molecule has 0 saturated carbocycles. The summed E-state index contributed by atoms with van der Waals surface area (Å²) in [7, 11) is 1.55. The Morgan fingerprint density at radius 3 is 2.38 bits per heavy atom. The SMILES string of the molecule is [CH2]c1cc(OC)cc(C(=O)OC(C)(C)C)c1. The van der Waals surface area contributed by atoms with Crippen LogP contribution in [-0.2, 0) is 4.74 Å². The number of carbonyl (C=O) groups excluding carboxylic acids is 1. The second-order valence-electron chi connectivity index (χ2n) is 4.57. The largest absolute Gasteiger partial charge is 0.497 e. The zero-order chi connectivity index (χ0) is 12.3. The summed E-state index contributed by atoms with van der Waals surface area (Å²) < 4.78 is 10.3. The fourth-order valence-corrected chi connectivity index (χ4v) is 1.23. The van der Waals surface area contributed by atoms with Crippen molar-refractivity contribution in [1.82, 2.24) is 0 Å². The average Bonchev–Trinajstić information content (AvgIpc) is 2.14. The van der Waals surface area contributed by atoms with Crippen LogP contribution in [0.15, 0.2) is 18.2 Å². The predicted molar refractivity (Wildman–Crippen MR) is 62.6 cm³/mol. The first-order valence-corrected chi connectivity index (χ1v) is 5.06. The number of hydrogen-bond acceptors (Lipinski definition) is 3. The maximum absolute atomic E-state index is 11.8. The van der Waals surface area contributed by atoms with Gasteiger partial charge in [-0.1, -0.05) is 0 Å². The molecule has 1 aromatic rings. The smallest absolute Gasteiger partial charge is 0.338 e. The van der Waals surface area contributed by atoms with Crippen molar-refractivity contribution < 1.29 is 14.3 Å². The Bertz CT molecular complexity index is 389. The molecule has 3 heteroatoms. The molecule has 0 fully saturated rings. The first-order chi connectivity index (χ1) is 7.31. The Balaban J connectivity index is 2.95. The van der Waals surface area contributed by atoms with Gasteiger partial charge >= 0.3 is 5.97 Å². The Morgan fingerprint density at radius 1 is 1.25 bits per heavy atom. The maximum atomic E-state index is 11.8. The van der Waals surface area contributed by atoms with Gasteiger partial charge in [0, 0.05) is 0 Å². The summed E-state index contributed by atoms with van der Waals surface area (Å²) in [6.45, 7) is 9.27. The standard InChI is InChI=1S/C13H17O3/c1-9-6-10(8-11(7-9)15-5)12(14)16-13(2,3)4/h6-8H,1H2,2-5H3. The summed E-state index contributed by atoms with van der Waals surface area (Å²) in [5, 5.41) is 0. The molecule has 0 atom stereocenters. The number of hydrogen-bond donors (Lipinski definition) is 0. The molecule has 1 rings (SSSR count). The summed E-state index contributed by atoms with van der Waals surface area (Å²) >= 11 is 0. The Kier molecular flexibility index (Phi) is 3.58. The molecular weight excluding hydrogens is 204 g/mol. The first-order valence-electron chi connectivity index (χ1n) is 5.06. The lowest BCUT2D eigenvalue weighted by atomic mass is 10.1. The molecule has 0 aromatic heterocycles. The minimum Gasteiger partial charge on any atom is -0.497 e. The summed E-state index contributed by atoms with van der Waals surface area (Å²) in [4.78, 5) is 11.8. The average molecular weight is 221 g/mol. The minimum absolute atomic E-state index is 0.365. The molecule has 16 heavy (non-hydrogen) atoms. The summed E-state index contributed by atoms with van der Waals surface area (Å²) in [6, 6.07) is 5.08. The Hall–Kier alpha value is -1.51. The fourth-order valence-electron chi connectivity index (χ4n) is 1.23. The van der Waals surface area contributed by atoms with E-state index in [1.165, 1.54) is 0 Å². The molecule has 0 aliphatic rings. The molecule has 0 aliphatic heterocycles. The fraction of sp³-hybridized carbons (Fsp3) is 0.385. The summed E-state index contributed by atoms with van der Waals surface area (Å²) in [5.41, 5.74) is 0.682. The second-order valence-corrected chi connectivity index (χ2v) is 4.57. The van der Waals surface area contributed by atoms with E-state index in [1.54, 1.807) is 25.3 Å². The van der Waals surface area contributed by atoms with E-state index in [0.29, 0.717) is 11.3 Å². The van der Waals surface area contributed by atoms with Crippen LogP contribution in [0, 0.1) is 6.92 Å². The number of ether oxygens (including phenoxy) is 2. The van der Waals surface area contributed by atoms with Crippen molar-refractivity contribution in [3.63, 3.8) is 0 Å². The number of rotatable bonds is 2. The molecule has 0 heterocycles. The van der Waals surface area contributed by atoms with Gasteiger partial charge in [0.15, 0.2) is 0 Å². The quantitative estimate of drug-likeness (QED) is 0.720. The third kappa shape index (κ3) is 3.57. The third-order valence-electron chi connectivity index (χ3n) is 1.84. The lowest BCUT2D eigenvalue weighted by Gasteiger charge is -2.19. The van der Waals surface area contributed by atoms with Crippen LogP contribution in [-0.4, -0.2) is 18.7 Å². The van der Waals surface area contributed by atoms with E-state index in [0.717, 1.165) is 5.56 Å². The predicted octanol–water partition coefficient (Wildman–Crippen LogP) is 2.83. The molecule has 0 unspecified atom stereocenters. The first kappa shape index (κ1) is 12.6. The maximum Gasteiger partial charge on any atom is 0.338 e. The normalized spacial score (nSPS) is 11.1. The lowest BCUT2D eigenvalue weighted by molar-refractivity contribution is 0.00691. The van der Waals surface area contributed by atoms with Crippen LogP contribution in [0.4, 0.5) is 0 Å². The van der Waals surface area contributed by atoms with E-state index in [2.05, 4.69) is 6.92 Å². The molecule has 87 valence electrons. The van der Waals surface area contributed by atoms with Crippen LogP contribution >= 0.6 is 0 Å². The van der Waals surface area contributed by atoms with Gasteiger partial charge in [0.05, 0.1) is 12.7 Å². The van der Waals surface area contributed by atoms with Gasteiger partial charge in [0.1, 0.15) is 11.4 Å². The molecule has 1 radical (unpaired) electrons. The van der Waals surface area contributed by atoms with Gasteiger partial charge in [-0.15, -0.1) is 0 Å². The monoisotopic (exact) mass is 221 g/mol. The molecule has 0 bridgehead atoms. The van der Waals surface area contributed by atoms with Crippen molar-refractivity contribution in [2.75, 3.05) is 7.11 Å². The topological polar surface area (TPSA) is 35.5 Å². The van der Waals surface area contributed by atoms with E-state index in [9.17, 15) is 4.79 Å². The van der Waals surface area contributed by atoms with Crippen LogP contribution in [0.2, 0.25) is 0 Å². The van der Waals surface area contributed by atoms with Gasteiger partial charge in [0.2, 0.25) is 0 Å². The van der Waals surface area contributed by atoms with Gasteiger partial charge in [-0.05, 0) is 51.5 Å². The minimum atomic E-state index is -0.499. The van der Waals surface area contributed by atoms with E-state index in [1.807, 2.05) is 20.8 Å². The van der Waals surface area contributed by atoms with Crippen molar-refractivity contribution in [2.45, 2.75) is 26.4 Å². The Labute approximate surface area is 96.4 Å². The summed E-state index contributed by atoms with van der Waals surface area (Å²) in [6.07, 6.45) is 0. The van der Waals surface area contributed by atoms with Crippen LogP contribution < -0.4 is 4.74 Å². The van der Waals surface area contributed by atoms with Crippen molar-refractivity contribution in [2.24, 2.45) is 0 Å². The van der Waals surface area contributed by atoms with E-state index < -0.39 is 5.60 Å². The van der Waals surface area contributed by atoms with Gasteiger partial charge in [-0.3, -0.25) is 0 Å². The van der Waals surface area contributed by atoms with E-state index >= 15 is 0 Å². The molecule has 1 aromatic carbocycles. The highest BCUT2D eigenvalue weighted by Gasteiger charge is 2.18. The van der Waals surface area contributed by atoms with E-state index in [4.69, 9.17) is 9.47 Å². The van der Waals surface area contributed by atoms with Gasteiger partial charge in [-0.25, -0.2) is 4.79 Å². The van der Waals surface area contributed by atoms with Gasteiger partial charge in [0.25, 0.3) is 0 Å². The highest BCUT2D eigenvalue weighted by atomic mass is 16.6. The van der Waals surface area contributed by atoms with Gasteiger partial charge < -0.3 is 9.47 Å².